The number of carbonyl (C=O) groups is 2. The predicted molar refractivity (Wildman–Crippen MR) is 144 cm³/mol. The van der Waals surface area contributed by atoms with Gasteiger partial charge < -0.3 is 34.7 Å². The standard InChI is InChI=1S/C17H15N3O4.C7H15NO.C4H5NO/c1-10(22)2-3-11-4-5-14-12(8-11)17-19-15(16(18)23)13(9-21)20(17)6-7-24-14;1-8-6-7-2-4-9-5-3-7;1-4-2-3-5-6-4/h4-5,8-10,22H,6-7H2,1H3,(H2,18,23);7-8H,2-6H2,1H3;2-3H,1H3. The lowest BCUT2D eigenvalue weighted by Gasteiger charge is -2.21. The van der Waals surface area contributed by atoms with Gasteiger partial charge in [-0.15, -0.1) is 0 Å². The Kier molecular flexibility index (Phi) is 11.2. The zero-order valence-electron chi connectivity index (χ0n) is 22.5. The number of aryl methyl sites for hydroxylation is 1. The third kappa shape index (κ3) is 8.51. The van der Waals surface area contributed by atoms with E-state index in [-0.39, 0.29) is 11.4 Å². The molecule has 2 aromatic heterocycles. The molecule has 11 heteroatoms. The van der Waals surface area contributed by atoms with Crippen molar-refractivity contribution in [2.45, 2.75) is 39.3 Å². The summed E-state index contributed by atoms with van der Waals surface area (Å²) in [6.07, 6.45) is 3.92. The summed E-state index contributed by atoms with van der Waals surface area (Å²) in [5.41, 5.74) is 6.66. The van der Waals surface area contributed by atoms with Crippen molar-refractivity contribution in [1.82, 2.24) is 20.0 Å². The fourth-order valence-electron chi connectivity index (χ4n) is 4.06. The van der Waals surface area contributed by atoms with E-state index < -0.39 is 12.0 Å². The Labute approximate surface area is 227 Å². The minimum Gasteiger partial charge on any atom is -0.491 e. The molecule has 0 radical (unpaired) electrons. The number of rotatable bonds is 4. The second-order valence-electron chi connectivity index (χ2n) is 9.04. The molecule has 5 rings (SSSR count). The van der Waals surface area contributed by atoms with Crippen molar-refractivity contribution < 1.29 is 28.7 Å². The van der Waals surface area contributed by atoms with Gasteiger partial charge in [0.1, 0.15) is 35.7 Å². The minimum absolute atomic E-state index is 0.0617. The summed E-state index contributed by atoms with van der Waals surface area (Å²) in [5.74, 6) is 7.48. The van der Waals surface area contributed by atoms with Gasteiger partial charge in [-0.25, -0.2) is 4.98 Å². The van der Waals surface area contributed by atoms with Crippen LogP contribution in [0.25, 0.3) is 11.4 Å². The fraction of sp³-hybridized carbons (Fsp3) is 0.429. The van der Waals surface area contributed by atoms with Crippen LogP contribution in [0.15, 0.2) is 35.0 Å². The van der Waals surface area contributed by atoms with Gasteiger partial charge in [0.05, 0.1) is 18.3 Å². The number of aliphatic hydroxyl groups is 1. The summed E-state index contributed by atoms with van der Waals surface area (Å²) in [4.78, 5) is 27.2. The van der Waals surface area contributed by atoms with Gasteiger partial charge in [-0.05, 0) is 64.4 Å². The second kappa shape index (κ2) is 14.8. The summed E-state index contributed by atoms with van der Waals surface area (Å²) in [6.45, 7) is 7.21. The normalized spacial score (nSPS) is 14.8. The monoisotopic (exact) mass is 537 g/mol. The lowest BCUT2D eigenvalue weighted by Crippen LogP contribution is -2.25. The zero-order valence-corrected chi connectivity index (χ0v) is 22.5. The molecule has 0 aliphatic carbocycles. The van der Waals surface area contributed by atoms with Gasteiger partial charge in [0.2, 0.25) is 0 Å². The van der Waals surface area contributed by atoms with Gasteiger partial charge in [-0.3, -0.25) is 9.59 Å². The van der Waals surface area contributed by atoms with Crippen LogP contribution in [-0.4, -0.2) is 71.5 Å². The zero-order chi connectivity index (χ0) is 28.2. The maximum Gasteiger partial charge on any atom is 0.269 e. The molecule has 4 N–H and O–H groups in total. The van der Waals surface area contributed by atoms with E-state index in [4.69, 9.17) is 15.2 Å². The number of aliphatic hydroxyl groups excluding tert-OH is 1. The highest BCUT2D eigenvalue weighted by atomic mass is 16.5. The first-order valence-corrected chi connectivity index (χ1v) is 12.8. The predicted octanol–water partition coefficient (Wildman–Crippen LogP) is 2.20. The molecule has 1 atom stereocenters. The molecule has 3 aromatic rings. The Hall–Kier alpha value is -3.98. The Bertz CT molecular complexity index is 1280. The molecule has 2 aliphatic rings. The number of carbonyl (C=O) groups excluding carboxylic acids is 2. The molecule has 11 nitrogen and oxygen atoms in total. The molecule has 208 valence electrons. The number of aromatic nitrogens is 3. The maximum atomic E-state index is 11.5. The fourth-order valence-corrected chi connectivity index (χ4v) is 4.06. The van der Waals surface area contributed by atoms with E-state index in [2.05, 4.69) is 31.8 Å². The van der Waals surface area contributed by atoms with Crippen LogP contribution in [0.2, 0.25) is 0 Å². The van der Waals surface area contributed by atoms with E-state index >= 15 is 0 Å². The third-order valence-corrected chi connectivity index (χ3v) is 5.97. The number of hydrogen-bond donors (Lipinski definition) is 3. The van der Waals surface area contributed by atoms with Crippen LogP contribution in [0.4, 0.5) is 0 Å². The summed E-state index contributed by atoms with van der Waals surface area (Å²) >= 11 is 0. The minimum atomic E-state index is -0.759. The van der Waals surface area contributed by atoms with E-state index in [1.54, 1.807) is 42.0 Å². The number of fused-ring (bicyclic) bond motifs is 3. The Morgan fingerprint density at radius 1 is 1.31 bits per heavy atom. The highest BCUT2D eigenvalue weighted by Crippen LogP contribution is 2.33. The molecule has 4 heterocycles. The summed E-state index contributed by atoms with van der Waals surface area (Å²) < 4.78 is 17.1. The molecule has 0 spiro atoms. The highest BCUT2D eigenvalue weighted by molar-refractivity contribution is 5.99. The first-order chi connectivity index (χ1) is 18.8. The van der Waals surface area contributed by atoms with Crippen LogP contribution in [0.5, 0.6) is 5.75 Å². The molecule has 1 aromatic carbocycles. The number of aldehydes is 1. The van der Waals surface area contributed by atoms with Crippen LogP contribution in [0, 0.1) is 24.7 Å². The van der Waals surface area contributed by atoms with E-state index in [9.17, 15) is 14.7 Å². The highest BCUT2D eigenvalue weighted by Gasteiger charge is 2.25. The third-order valence-electron chi connectivity index (χ3n) is 5.97. The van der Waals surface area contributed by atoms with Crippen molar-refractivity contribution in [1.29, 1.82) is 0 Å². The van der Waals surface area contributed by atoms with Gasteiger partial charge in [0.25, 0.3) is 5.91 Å². The number of benzene rings is 1. The second-order valence-corrected chi connectivity index (χ2v) is 9.04. The molecule has 0 saturated carbocycles. The lowest BCUT2D eigenvalue weighted by molar-refractivity contribution is 0.0669. The van der Waals surface area contributed by atoms with Crippen LogP contribution < -0.4 is 15.8 Å². The number of nitrogens with zero attached hydrogens (tertiary/aromatic N) is 3. The number of ether oxygens (including phenoxy) is 2. The first-order valence-electron chi connectivity index (χ1n) is 12.8. The van der Waals surface area contributed by atoms with Crippen LogP contribution in [0.1, 0.15) is 52.1 Å². The molecule has 1 fully saturated rings. The molecule has 39 heavy (non-hydrogen) atoms. The summed E-state index contributed by atoms with van der Waals surface area (Å²) in [5, 5.41) is 15.9. The quantitative estimate of drug-likeness (QED) is 0.335. The van der Waals surface area contributed by atoms with Crippen molar-refractivity contribution in [3.63, 3.8) is 0 Å². The maximum absolute atomic E-state index is 11.5. The van der Waals surface area contributed by atoms with Crippen molar-refractivity contribution in [3.05, 3.63) is 53.2 Å². The van der Waals surface area contributed by atoms with Crippen LogP contribution >= 0.6 is 0 Å². The SMILES string of the molecule is CC(O)C#Cc1ccc2c(c1)-c1nc(C(N)=O)c(C=O)n1CCO2.CNCC1CCOCC1.Cc1ccno1. The number of imidazole rings is 1. The Morgan fingerprint density at radius 2 is 2.08 bits per heavy atom. The van der Waals surface area contributed by atoms with Crippen molar-refractivity contribution >= 4 is 12.2 Å². The van der Waals surface area contributed by atoms with Crippen molar-refractivity contribution in [3.8, 4) is 29.0 Å². The van der Waals surface area contributed by atoms with Crippen molar-refractivity contribution in [2.75, 3.05) is 33.4 Å². The molecule has 2 aliphatic heterocycles. The molecule has 1 saturated heterocycles. The molecule has 1 unspecified atom stereocenters. The summed E-state index contributed by atoms with van der Waals surface area (Å²) in [6, 6.07) is 7.06. The van der Waals surface area contributed by atoms with Crippen LogP contribution in [-0.2, 0) is 11.3 Å². The van der Waals surface area contributed by atoms with E-state index in [0.717, 1.165) is 31.4 Å². The number of amides is 1. The van der Waals surface area contributed by atoms with E-state index in [0.29, 0.717) is 42.1 Å². The van der Waals surface area contributed by atoms with Gasteiger partial charge in [-0.1, -0.05) is 17.0 Å². The number of hydrogen-bond acceptors (Lipinski definition) is 9. The average Bonchev–Trinajstić information content (AvgIpc) is 3.52. The number of primary amides is 1. The number of nitrogens with one attached hydrogen (secondary N) is 1. The summed E-state index contributed by atoms with van der Waals surface area (Å²) in [7, 11) is 2.01. The largest absolute Gasteiger partial charge is 0.491 e. The van der Waals surface area contributed by atoms with Crippen LogP contribution in [0.3, 0.4) is 0 Å². The molecule has 0 bridgehead atoms. The number of nitrogens with two attached hydrogens (primary N) is 1. The molecular weight excluding hydrogens is 502 g/mol. The Morgan fingerprint density at radius 3 is 2.64 bits per heavy atom. The lowest BCUT2D eigenvalue weighted by atomic mass is 10.0. The average molecular weight is 538 g/mol. The van der Waals surface area contributed by atoms with Gasteiger partial charge in [-0.2, -0.15) is 0 Å². The van der Waals surface area contributed by atoms with Gasteiger partial charge >= 0.3 is 0 Å². The van der Waals surface area contributed by atoms with Gasteiger partial charge in [0.15, 0.2) is 12.0 Å². The molecular formula is C28H35N5O6. The van der Waals surface area contributed by atoms with Crippen molar-refractivity contribution in [2.24, 2.45) is 11.7 Å². The smallest absolute Gasteiger partial charge is 0.269 e. The van der Waals surface area contributed by atoms with E-state index in [1.165, 1.54) is 12.8 Å². The van der Waals surface area contributed by atoms with Gasteiger partial charge in [0, 0.05) is 24.8 Å². The molecule has 1 amide bonds. The topological polar surface area (TPSA) is 155 Å². The van der Waals surface area contributed by atoms with E-state index in [1.807, 2.05) is 14.0 Å². The first kappa shape index (κ1) is 29.6. The Balaban J connectivity index is 0.000000227.